The summed E-state index contributed by atoms with van der Waals surface area (Å²) in [6.45, 7) is 43.3. The fourth-order valence-electron chi connectivity index (χ4n) is 6.99. The fraction of sp³-hybridized carbons (Fsp3) is 0.800. The first kappa shape index (κ1) is 37.9. The van der Waals surface area contributed by atoms with Crippen molar-refractivity contribution in [2.45, 2.75) is 173 Å². The van der Waals surface area contributed by atoms with E-state index in [0.717, 1.165) is 17.9 Å². The average Bonchev–Trinajstić information content (AvgIpc) is 3.29. The second-order valence-corrected chi connectivity index (χ2v) is 19.3. The summed E-state index contributed by atoms with van der Waals surface area (Å²) >= 11 is 0. The number of hydrogen-bond acceptors (Lipinski definition) is 1. The zero-order chi connectivity index (χ0) is 32.2. The van der Waals surface area contributed by atoms with E-state index in [9.17, 15) is 0 Å². The molecule has 238 valence electrons. The van der Waals surface area contributed by atoms with Gasteiger partial charge in [-0.2, -0.15) is 0 Å². The molecule has 1 aromatic rings. The van der Waals surface area contributed by atoms with Crippen LogP contribution in [0.4, 0.5) is 0 Å². The summed E-state index contributed by atoms with van der Waals surface area (Å²) in [5.41, 5.74) is 5.08. The first-order valence-electron chi connectivity index (χ1n) is 16.7. The van der Waals surface area contributed by atoms with E-state index in [-0.39, 0.29) is 10.8 Å². The molecule has 1 fully saturated rings. The summed E-state index contributed by atoms with van der Waals surface area (Å²) < 4.78 is 0. The lowest BCUT2D eigenvalue weighted by Crippen LogP contribution is -2.49. The van der Waals surface area contributed by atoms with Crippen LogP contribution in [0.1, 0.15) is 161 Å². The molecule has 3 rings (SSSR count). The summed E-state index contributed by atoms with van der Waals surface area (Å²) in [7, 11) is 0. The van der Waals surface area contributed by atoms with Crippen molar-refractivity contribution < 1.29 is 0 Å². The third kappa shape index (κ3) is 11.8. The molecule has 1 aliphatic carbocycles. The van der Waals surface area contributed by atoms with E-state index in [0.29, 0.717) is 21.8 Å². The molecular formula is C40H73N. The van der Waals surface area contributed by atoms with Gasteiger partial charge in [-0.05, 0) is 103 Å². The largest absolute Gasteiger partial charge is 0.295 e. The van der Waals surface area contributed by atoms with Gasteiger partial charge in [0.15, 0.2) is 0 Å². The maximum absolute atomic E-state index is 2.67. The number of likely N-dealkylation sites (tertiary alicyclic amines) is 1. The van der Waals surface area contributed by atoms with E-state index in [2.05, 4.69) is 166 Å². The smallest absolute Gasteiger partial charge is 0.0149 e. The van der Waals surface area contributed by atoms with E-state index in [1.165, 1.54) is 43.4 Å². The maximum atomic E-state index is 2.67. The number of nitrogens with zero attached hydrogens (tertiary/aromatic N) is 1. The molecular weight excluding hydrogens is 494 g/mol. The lowest BCUT2D eigenvalue weighted by Gasteiger charge is -2.45. The lowest BCUT2D eigenvalue weighted by molar-refractivity contribution is 0.0582. The van der Waals surface area contributed by atoms with Gasteiger partial charge in [-0.25, -0.2) is 0 Å². The normalized spacial score (nSPS) is 22.9. The van der Waals surface area contributed by atoms with E-state index in [1.807, 2.05) is 0 Å². The van der Waals surface area contributed by atoms with Crippen LogP contribution in [0.15, 0.2) is 36.4 Å². The Labute approximate surface area is 259 Å². The van der Waals surface area contributed by atoms with Crippen molar-refractivity contribution in [1.82, 2.24) is 4.90 Å². The minimum Gasteiger partial charge on any atom is -0.295 e. The monoisotopic (exact) mass is 568 g/mol. The topological polar surface area (TPSA) is 3.24 Å². The predicted molar refractivity (Wildman–Crippen MR) is 187 cm³/mol. The molecule has 1 aliphatic heterocycles. The van der Waals surface area contributed by atoms with Gasteiger partial charge >= 0.3 is 0 Å². The van der Waals surface area contributed by atoms with Crippen LogP contribution in [0, 0.1) is 28.1 Å². The van der Waals surface area contributed by atoms with Gasteiger partial charge in [0.25, 0.3) is 0 Å². The Morgan fingerprint density at radius 1 is 0.537 bits per heavy atom. The molecule has 1 nitrogen and oxygen atoms in total. The Kier molecular flexibility index (Phi) is 12.7. The van der Waals surface area contributed by atoms with Gasteiger partial charge in [-0.3, -0.25) is 4.90 Å². The quantitative estimate of drug-likeness (QED) is 0.282. The second-order valence-electron chi connectivity index (χ2n) is 19.3. The molecule has 1 heterocycles. The summed E-state index contributed by atoms with van der Waals surface area (Å²) in [6.07, 6.45) is 10.0. The van der Waals surface area contributed by atoms with Crippen molar-refractivity contribution in [1.29, 1.82) is 0 Å². The zero-order valence-corrected chi connectivity index (χ0v) is 31.2. The molecule has 1 aromatic carbocycles. The molecule has 2 aliphatic rings. The van der Waals surface area contributed by atoms with Gasteiger partial charge in [0.2, 0.25) is 0 Å². The highest BCUT2D eigenvalue weighted by Gasteiger charge is 2.39. The summed E-state index contributed by atoms with van der Waals surface area (Å²) in [5, 5.41) is 0. The molecule has 0 N–H and O–H groups in total. The average molecular weight is 568 g/mol. The number of allylic oxidation sites excluding steroid dienone is 2. The van der Waals surface area contributed by atoms with Crippen LogP contribution < -0.4 is 0 Å². The van der Waals surface area contributed by atoms with Crippen LogP contribution in [-0.2, 0) is 10.8 Å². The third-order valence-electron chi connectivity index (χ3n) is 9.31. The Balaban J connectivity index is 0.000000308. The highest BCUT2D eigenvalue weighted by molar-refractivity contribution is 5.37. The summed E-state index contributed by atoms with van der Waals surface area (Å²) in [5.74, 6) is 1.68. The number of rotatable bonds is 0. The molecule has 0 bridgehead atoms. The standard InChI is InChI=1S/C14H26.C14H22.C12H25N/c2*1-13(2,3)11-9-7-8-10-12(11)14(4,5)6;1-11(2,3)10-8-7-9-13(10)12(4,5)6/h7-8,11-12H,9-10H2,1-6H3;7-10H,1-6H3;10H,7-9H2,1-6H3/t11-,12+;;. The number of benzene rings is 1. The molecule has 3 atom stereocenters. The van der Waals surface area contributed by atoms with E-state index < -0.39 is 0 Å². The minimum absolute atomic E-state index is 0.240. The first-order chi connectivity index (χ1) is 18.2. The van der Waals surface area contributed by atoms with Crippen molar-refractivity contribution >= 4 is 0 Å². The lowest BCUT2D eigenvalue weighted by atomic mass is 9.60. The van der Waals surface area contributed by atoms with Gasteiger partial charge in [0, 0.05) is 11.6 Å². The van der Waals surface area contributed by atoms with Crippen molar-refractivity contribution in [3.8, 4) is 0 Å². The van der Waals surface area contributed by atoms with E-state index in [1.54, 1.807) is 0 Å². The van der Waals surface area contributed by atoms with Crippen LogP contribution in [0.3, 0.4) is 0 Å². The van der Waals surface area contributed by atoms with E-state index in [4.69, 9.17) is 0 Å². The Hall–Kier alpha value is -1.08. The van der Waals surface area contributed by atoms with Crippen molar-refractivity contribution in [2.24, 2.45) is 28.1 Å². The molecule has 0 spiro atoms. The van der Waals surface area contributed by atoms with Crippen LogP contribution in [0.5, 0.6) is 0 Å². The van der Waals surface area contributed by atoms with Crippen LogP contribution in [-0.4, -0.2) is 23.0 Å². The predicted octanol–water partition coefficient (Wildman–Crippen LogP) is 12.2. The molecule has 1 heteroatoms. The highest BCUT2D eigenvalue weighted by atomic mass is 15.2. The Morgan fingerprint density at radius 2 is 0.902 bits per heavy atom. The Morgan fingerprint density at radius 3 is 1.15 bits per heavy atom. The van der Waals surface area contributed by atoms with Crippen molar-refractivity contribution in [3.05, 3.63) is 47.5 Å². The van der Waals surface area contributed by atoms with Crippen LogP contribution in [0.25, 0.3) is 0 Å². The van der Waals surface area contributed by atoms with Crippen molar-refractivity contribution in [3.63, 3.8) is 0 Å². The highest BCUT2D eigenvalue weighted by Crippen LogP contribution is 2.47. The fourth-order valence-corrected chi connectivity index (χ4v) is 6.99. The van der Waals surface area contributed by atoms with Gasteiger partial charge in [-0.15, -0.1) is 0 Å². The number of hydrogen-bond donors (Lipinski definition) is 0. The molecule has 0 radical (unpaired) electrons. The van der Waals surface area contributed by atoms with Crippen LogP contribution in [0.2, 0.25) is 0 Å². The zero-order valence-electron chi connectivity index (χ0n) is 31.2. The Bertz CT molecular complexity index is 860. The maximum Gasteiger partial charge on any atom is 0.0149 e. The minimum atomic E-state index is 0.240. The van der Waals surface area contributed by atoms with E-state index >= 15 is 0 Å². The first-order valence-corrected chi connectivity index (χ1v) is 16.7. The molecule has 0 aromatic heterocycles. The summed E-state index contributed by atoms with van der Waals surface area (Å²) in [6, 6.07) is 9.54. The van der Waals surface area contributed by atoms with Gasteiger partial charge in [-0.1, -0.05) is 140 Å². The van der Waals surface area contributed by atoms with Crippen LogP contribution >= 0.6 is 0 Å². The second kappa shape index (κ2) is 13.7. The molecule has 0 amide bonds. The summed E-state index contributed by atoms with van der Waals surface area (Å²) in [4.78, 5) is 2.67. The van der Waals surface area contributed by atoms with Gasteiger partial charge < -0.3 is 0 Å². The van der Waals surface area contributed by atoms with Gasteiger partial charge in [0.1, 0.15) is 0 Å². The third-order valence-corrected chi connectivity index (χ3v) is 9.31. The van der Waals surface area contributed by atoms with Gasteiger partial charge in [0.05, 0.1) is 0 Å². The molecule has 0 saturated carbocycles. The molecule has 41 heavy (non-hydrogen) atoms. The molecule has 1 saturated heterocycles. The molecule has 1 unspecified atom stereocenters. The SMILES string of the molecule is CC(C)(C)C1CCCN1C(C)(C)C.CC(C)(C)[C@@H]1CC=CC[C@@H]1C(C)(C)C.CC(C)(C)c1ccccc1C(C)(C)C. The van der Waals surface area contributed by atoms with Crippen molar-refractivity contribution in [2.75, 3.05) is 6.54 Å².